The molecule has 0 saturated carbocycles. The number of rotatable bonds is 13. The van der Waals surface area contributed by atoms with Gasteiger partial charge >= 0.3 is 5.97 Å². The number of aromatic amines is 1. The molecule has 2 heterocycles. The first-order valence-corrected chi connectivity index (χ1v) is 13.0. The third kappa shape index (κ3) is 6.63. The second-order valence-corrected chi connectivity index (χ2v) is 8.94. The summed E-state index contributed by atoms with van der Waals surface area (Å²) in [5, 5.41) is 13.1. The van der Waals surface area contributed by atoms with E-state index in [-0.39, 0.29) is 24.8 Å². The van der Waals surface area contributed by atoms with Crippen molar-refractivity contribution in [3.05, 3.63) is 81.9 Å². The average molecular weight is 519 g/mol. The van der Waals surface area contributed by atoms with Crippen LogP contribution in [0.3, 0.4) is 0 Å². The van der Waals surface area contributed by atoms with Crippen LogP contribution in [0.1, 0.15) is 50.2 Å². The highest BCUT2D eigenvalue weighted by molar-refractivity contribution is 5.80. The normalized spacial score (nSPS) is 12.1. The zero-order valence-corrected chi connectivity index (χ0v) is 22.1. The van der Waals surface area contributed by atoms with E-state index in [1.165, 1.54) is 10.2 Å². The van der Waals surface area contributed by atoms with Gasteiger partial charge in [-0.25, -0.2) is 4.68 Å². The van der Waals surface area contributed by atoms with Gasteiger partial charge in [0.25, 0.3) is 5.56 Å². The van der Waals surface area contributed by atoms with E-state index in [0.29, 0.717) is 37.5 Å². The predicted octanol–water partition coefficient (Wildman–Crippen LogP) is 3.67. The van der Waals surface area contributed by atoms with Crippen LogP contribution in [0.25, 0.3) is 10.9 Å². The number of ether oxygens (including phenoxy) is 2. The molecule has 0 saturated heterocycles. The van der Waals surface area contributed by atoms with Crippen LogP contribution >= 0.6 is 0 Å². The lowest BCUT2D eigenvalue weighted by Crippen LogP contribution is -2.34. The number of aromatic nitrogens is 5. The molecule has 0 aliphatic carbocycles. The number of fused-ring (bicyclic) bond motifs is 1. The van der Waals surface area contributed by atoms with E-state index >= 15 is 0 Å². The molecule has 0 spiro atoms. The van der Waals surface area contributed by atoms with Gasteiger partial charge in [0.2, 0.25) is 0 Å². The molecule has 0 radical (unpaired) electrons. The number of carbonyl (C=O) groups is 1. The van der Waals surface area contributed by atoms with Gasteiger partial charge in [-0.05, 0) is 66.9 Å². The Labute approximate surface area is 221 Å². The SMILES string of the molecule is CCOC(=O)Cn1nnnc1C(CC)N(CCc1ccccc1)Cc1cc2cc(OCC)ccc2[nH]c1=O. The minimum atomic E-state index is -0.400. The van der Waals surface area contributed by atoms with Crippen LogP contribution in [0.15, 0.2) is 59.4 Å². The fourth-order valence-corrected chi connectivity index (χ4v) is 4.58. The molecule has 1 N–H and O–H groups in total. The Morgan fingerprint density at radius 2 is 1.89 bits per heavy atom. The maximum absolute atomic E-state index is 13.1. The minimum Gasteiger partial charge on any atom is -0.494 e. The van der Waals surface area contributed by atoms with Gasteiger partial charge in [-0.1, -0.05) is 37.3 Å². The summed E-state index contributed by atoms with van der Waals surface area (Å²) >= 11 is 0. The van der Waals surface area contributed by atoms with Crippen LogP contribution in [0.5, 0.6) is 5.75 Å². The lowest BCUT2D eigenvalue weighted by atomic mass is 10.1. The van der Waals surface area contributed by atoms with Crippen LogP contribution in [0.2, 0.25) is 0 Å². The maximum Gasteiger partial charge on any atom is 0.327 e. The second-order valence-electron chi connectivity index (χ2n) is 8.94. The fraction of sp³-hybridized carbons (Fsp3) is 0.393. The van der Waals surface area contributed by atoms with Crippen molar-refractivity contribution in [2.24, 2.45) is 0 Å². The van der Waals surface area contributed by atoms with E-state index < -0.39 is 5.97 Å². The lowest BCUT2D eigenvalue weighted by Gasteiger charge is -2.30. The molecule has 10 nitrogen and oxygen atoms in total. The molecule has 0 fully saturated rings. The van der Waals surface area contributed by atoms with Crippen molar-refractivity contribution in [2.45, 2.75) is 52.7 Å². The Balaban J connectivity index is 1.67. The summed E-state index contributed by atoms with van der Waals surface area (Å²) < 4.78 is 12.2. The van der Waals surface area contributed by atoms with Gasteiger partial charge in [-0.3, -0.25) is 14.5 Å². The third-order valence-electron chi connectivity index (χ3n) is 6.38. The Bertz CT molecular complexity index is 1400. The number of hydrogen-bond acceptors (Lipinski definition) is 8. The number of pyridine rings is 1. The maximum atomic E-state index is 13.1. The monoisotopic (exact) mass is 518 g/mol. The van der Waals surface area contributed by atoms with Gasteiger partial charge in [-0.15, -0.1) is 5.10 Å². The molecule has 0 amide bonds. The summed E-state index contributed by atoms with van der Waals surface area (Å²) in [7, 11) is 0. The summed E-state index contributed by atoms with van der Waals surface area (Å²) in [6.07, 6.45) is 1.45. The molecule has 1 unspecified atom stereocenters. The summed E-state index contributed by atoms with van der Waals surface area (Å²) in [4.78, 5) is 30.5. The lowest BCUT2D eigenvalue weighted by molar-refractivity contribution is -0.144. The summed E-state index contributed by atoms with van der Waals surface area (Å²) in [5.74, 6) is 0.913. The molecule has 4 rings (SSSR count). The molecular weight excluding hydrogens is 484 g/mol. The van der Waals surface area contributed by atoms with Crippen LogP contribution in [0, 0.1) is 0 Å². The smallest absolute Gasteiger partial charge is 0.327 e. The number of carbonyl (C=O) groups excluding carboxylic acids is 1. The number of nitrogens with one attached hydrogen (secondary N) is 1. The number of nitrogens with zero attached hydrogens (tertiary/aromatic N) is 5. The topological polar surface area (TPSA) is 115 Å². The third-order valence-corrected chi connectivity index (χ3v) is 6.38. The van der Waals surface area contributed by atoms with Gasteiger partial charge in [0, 0.05) is 29.6 Å². The first-order valence-electron chi connectivity index (χ1n) is 13.0. The first-order chi connectivity index (χ1) is 18.5. The summed E-state index contributed by atoms with van der Waals surface area (Å²) in [6, 6.07) is 17.5. The first kappa shape index (κ1) is 27.0. The highest BCUT2D eigenvalue weighted by Crippen LogP contribution is 2.26. The van der Waals surface area contributed by atoms with Gasteiger partial charge in [0.1, 0.15) is 12.3 Å². The Kier molecular flexibility index (Phi) is 9.21. The van der Waals surface area contributed by atoms with Crippen LogP contribution in [0.4, 0.5) is 0 Å². The number of tetrazole rings is 1. The van der Waals surface area contributed by atoms with Gasteiger partial charge < -0.3 is 14.5 Å². The number of esters is 1. The second kappa shape index (κ2) is 13.0. The molecule has 0 aliphatic rings. The fourth-order valence-electron chi connectivity index (χ4n) is 4.58. The Morgan fingerprint density at radius 3 is 2.63 bits per heavy atom. The van der Waals surface area contributed by atoms with Gasteiger partial charge in [0.15, 0.2) is 5.82 Å². The van der Waals surface area contributed by atoms with Crippen molar-refractivity contribution in [3.63, 3.8) is 0 Å². The van der Waals surface area contributed by atoms with E-state index in [4.69, 9.17) is 9.47 Å². The zero-order chi connectivity index (χ0) is 26.9. The van der Waals surface area contributed by atoms with E-state index in [1.807, 2.05) is 56.3 Å². The predicted molar refractivity (Wildman–Crippen MR) is 144 cm³/mol. The molecule has 0 bridgehead atoms. The standard InChI is InChI=1S/C28H34N6O4/c1-4-25(27-30-31-32-34(27)19-26(35)38-6-3)33(15-14-20-10-8-7-9-11-20)18-22-16-21-17-23(37-5-2)12-13-24(21)29-28(22)36/h7-13,16-17,25H,4-6,14-15,18-19H2,1-3H3,(H,29,36). The zero-order valence-electron chi connectivity index (χ0n) is 22.1. The van der Waals surface area contributed by atoms with E-state index in [9.17, 15) is 9.59 Å². The van der Waals surface area contributed by atoms with Gasteiger partial charge in [-0.2, -0.15) is 0 Å². The number of hydrogen-bond donors (Lipinski definition) is 1. The Hall–Kier alpha value is -4.05. The van der Waals surface area contributed by atoms with Crippen molar-refractivity contribution in [1.82, 2.24) is 30.1 Å². The molecule has 2 aromatic carbocycles. The molecule has 200 valence electrons. The molecule has 10 heteroatoms. The summed E-state index contributed by atoms with van der Waals surface area (Å²) in [5.41, 5.74) is 2.42. The highest BCUT2D eigenvalue weighted by Gasteiger charge is 2.26. The molecule has 0 aliphatic heterocycles. The van der Waals surface area contributed by atoms with E-state index in [2.05, 4.69) is 37.5 Å². The van der Waals surface area contributed by atoms with Crippen LogP contribution < -0.4 is 10.3 Å². The molecular formula is C28H34N6O4. The number of H-pyrrole nitrogens is 1. The molecule has 38 heavy (non-hydrogen) atoms. The summed E-state index contributed by atoms with van der Waals surface area (Å²) in [6.45, 7) is 7.55. The quantitative estimate of drug-likeness (QED) is 0.267. The Morgan fingerprint density at radius 1 is 1.08 bits per heavy atom. The van der Waals surface area contributed by atoms with E-state index in [0.717, 1.165) is 23.1 Å². The van der Waals surface area contributed by atoms with Crippen molar-refractivity contribution in [1.29, 1.82) is 0 Å². The van der Waals surface area contributed by atoms with Crippen molar-refractivity contribution >= 4 is 16.9 Å². The average Bonchev–Trinajstić information content (AvgIpc) is 3.36. The van der Waals surface area contributed by atoms with Crippen molar-refractivity contribution < 1.29 is 14.3 Å². The van der Waals surface area contributed by atoms with E-state index in [1.54, 1.807) is 6.92 Å². The van der Waals surface area contributed by atoms with Crippen molar-refractivity contribution in [3.8, 4) is 5.75 Å². The van der Waals surface area contributed by atoms with Gasteiger partial charge in [0.05, 0.1) is 19.3 Å². The highest BCUT2D eigenvalue weighted by atomic mass is 16.5. The van der Waals surface area contributed by atoms with Crippen LogP contribution in [-0.4, -0.2) is 55.8 Å². The molecule has 2 aromatic heterocycles. The minimum absolute atomic E-state index is 0.0735. The van der Waals surface area contributed by atoms with Crippen LogP contribution in [-0.2, 0) is 29.0 Å². The largest absolute Gasteiger partial charge is 0.494 e. The molecule has 4 aromatic rings. The van der Waals surface area contributed by atoms with Crippen molar-refractivity contribution in [2.75, 3.05) is 19.8 Å². The molecule has 1 atom stereocenters. The number of benzene rings is 2.